The molecule has 0 radical (unpaired) electrons. The molecular formula is C96H154N6O32S2. The molecule has 7 aliphatic rings. The van der Waals surface area contributed by atoms with Gasteiger partial charge >= 0.3 is 35.8 Å². The number of carboxylic acids is 1. The van der Waals surface area contributed by atoms with Crippen molar-refractivity contribution in [2.24, 2.45) is 11.3 Å². The van der Waals surface area contributed by atoms with Crippen LogP contribution < -0.4 is 25.6 Å². The molecular weight excluding hydrogens is 1810 g/mol. The number of ether oxygens (including phenoxy) is 14. The Balaban J connectivity index is 0.000000424. The van der Waals surface area contributed by atoms with E-state index < -0.39 is 125 Å². The number of methoxy groups -OCH3 is 6. The largest absolute Gasteiger partial charge is 0.496 e. The van der Waals surface area contributed by atoms with Gasteiger partial charge in [-0.1, -0.05) is 99.5 Å². The highest BCUT2D eigenvalue weighted by Crippen LogP contribution is 2.68. The first-order valence-electron chi connectivity index (χ1n) is 47.4. The van der Waals surface area contributed by atoms with Crippen molar-refractivity contribution in [3.8, 4) is 5.75 Å². The Hall–Kier alpha value is -7.27. The number of amides is 3. The molecule has 2 aromatic carbocycles. The third-order valence-corrected chi connectivity index (χ3v) is 28.3. The van der Waals surface area contributed by atoms with Gasteiger partial charge in [-0.15, -0.1) is 0 Å². The molecule has 3 amide bonds. The van der Waals surface area contributed by atoms with Crippen molar-refractivity contribution in [2.75, 3.05) is 172 Å². The number of carbonyl (C=O) groups excluding carboxylic acids is 8. The van der Waals surface area contributed by atoms with E-state index in [4.69, 9.17) is 91.8 Å². The molecule has 5 heterocycles. The summed E-state index contributed by atoms with van der Waals surface area (Å²) in [5, 5.41) is 100. The summed E-state index contributed by atoms with van der Waals surface area (Å²) in [6.07, 6.45) is 7.41. The highest BCUT2D eigenvalue weighted by atomic mass is 33.1. The number of esters is 5. The van der Waals surface area contributed by atoms with Gasteiger partial charge in [-0.25, -0.2) is 4.79 Å². The number of anilines is 1. The van der Waals surface area contributed by atoms with Gasteiger partial charge in [0.05, 0.1) is 89.9 Å². The second kappa shape index (κ2) is 58.8. The lowest BCUT2D eigenvalue weighted by atomic mass is 9.47. The minimum absolute atomic E-state index is 0.0258. The van der Waals surface area contributed by atoms with Gasteiger partial charge in [0.25, 0.3) is 5.91 Å². The number of nitrogens with one attached hydrogen (secondary N) is 3. The number of fused-ring (bicyclic) bond motifs is 5. The Labute approximate surface area is 808 Å². The maximum atomic E-state index is 15.6. The predicted octanol–water partition coefficient (Wildman–Crippen LogP) is 5.47. The Kier molecular flexibility index (Phi) is 50.8. The monoisotopic (exact) mass is 1970 g/mol. The lowest BCUT2D eigenvalue weighted by Gasteiger charge is -2.63. The van der Waals surface area contributed by atoms with Gasteiger partial charge in [-0.3, -0.25) is 48.2 Å². The number of benzene rings is 2. The number of aliphatic hydroxyl groups excluding tert-OH is 6. The first kappa shape index (κ1) is 117. The van der Waals surface area contributed by atoms with Crippen LogP contribution in [-0.2, 0) is 122 Å². The maximum absolute atomic E-state index is 15.6. The van der Waals surface area contributed by atoms with Crippen LogP contribution in [0.4, 0.5) is 5.69 Å². The number of piperidine rings is 1. The molecule has 1 spiro atoms. The molecule has 38 nitrogen and oxygen atoms in total. The van der Waals surface area contributed by atoms with E-state index in [1.807, 2.05) is 90.1 Å². The summed E-state index contributed by atoms with van der Waals surface area (Å²) in [4.78, 5) is 120. The molecule has 12 N–H and O–H groups in total. The lowest BCUT2D eigenvalue weighted by Crippen LogP contribution is -2.81. The van der Waals surface area contributed by atoms with Gasteiger partial charge in [0.15, 0.2) is 30.8 Å². The molecule has 0 aromatic heterocycles. The highest BCUT2D eigenvalue weighted by Gasteiger charge is 2.79. The molecule has 1 saturated carbocycles. The molecule has 9 rings (SSSR count). The molecule has 2 aliphatic carbocycles. The van der Waals surface area contributed by atoms with E-state index >= 15 is 9.59 Å². The van der Waals surface area contributed by atoms with E-state index in [0.717, 1.165) is 33.6 Å². The second-order valence-corrected chi connectivity index (χ2v) is 37.7. The van der Waals surface area contributed by atoms with Crippen molar-refractivity contribution in [3.05, 3.63) is 76.4 Å². The zero-order valence-electron chi connectivity index (χ0n) is 82.1. The van der Waals surface area contributed by atoms with E-state index in [1.165, 1.54) is 42.5 Å². The molecule has 19 atom stereocenters. The Morgan fingerprint density at radius 2 is 1.15 bits per heavy atom. The Bertz CT molecular complexity index is 4110. The summed E-state index contributed by atoms with van der Waals surface area (Å²) < 4.78 is 74.6. The fourth-order valence-electron chi connectivity index (χ4n) is 19.4. The first-order chi connectivity index (χ1) is 65.2. The van der Waals surface area contributed by atoms with Gasteiger partial charge in [0, 0.05) is 153 Å². The third kappa shape index (κ3) is 31.1. The van der Waals surface area contributed by atoms with Crippen LogP contribution in [0.25, 0.3) is 5.57 Å². The Morgan fingerprint density at radius 1 is 0.610 bits per heavy atom. The standard InChI is InChI=1S/C62H87N5O15.C15H29NO6S2.C12H22O7.C7H16O4/c1-9-41(35-68)82-51(78-7)36-81-50(70)20-14-19-49(69)64-38(4)52(71)80-28-16-24-63-56(73)62(76)54-60(23-27-67-25-15-22-59(11-3,53(60)67)55(62)72)45-30-46(48(77-6)31-47(45)65(54)5)61(57(74)79-8)33-39-32-58(75,10-2)37-66(34-39)26-21-43-42-18-13-12-17-40(42)29-44(43)61;1-4-12(10-17)22-15(20-2)11-21-14(19)7-5-6-13(18)16-8-9-24-23-3;1-3-9(7-13)19-12(17-2)8-18-11(16)6-4-5-10(14)15;1-3-6(4-8)11-7(5-9)10-2/h12-13,15,17-18,22,30-31,38-39,41,51,53-55,68,72,75-76H,9-11,14,16,19-21,23-29,32-37H2,1-8H3,(H,63,73)(H,64,69);12,15,17H,4-11H2,1-3H3,(H,16,18);9,12-13H,3-8H2,1-2H3,(H,14,15);6-9H,3-5H2,1-2H3/t38-,39?,41?,51?,53?,54?,55-,58?,59-,60-,61-,62+;;;/m1.../s1. The van der Waals surface area contributed by atoms with Crippen LogP contribution in [-0.4, -0.2) is 361 Å². The normalized spacial score (nSPS) is 24.7. The lowest BCUT2D eigenvalue weighted by molar-refractivity contribution is -0.203. The summed E-state index contributed by atoms with van der Waals surface area (Å²) in [6, 6.07) is 10.0. The van der Waals surface area contributed by atoms with E-state index in [-0.39, 0.29) is 154 Å². The number of aliphatic hydroxyl groups is 8. The average Bonchev–Trinajstić information content (AvgIpc) is 1.47. The quantitative estimate of drug-likeness (QED) is 0.00975. The van der Waals surface area contributed by atoms with Crippen molar-refractivity contribution in [1.82, 2.24) is 25.8 Å². The molecule has 5 aliphatic heterocycles. The predicted molar refractivity (Wildman–Crippen MR) is 506 cm³/mol. The summed E-state index contributed by atoms with van der Waals surface area (Å²) in [5.74, 6) is -3.63. The van der Waals surface area contributed by atoms with Crippen molar-refractivity contribution in [1.29, 1.82) is 0 Å². The summed E-state index contributed by atoms with van der Waals surface area (Å²) in [5.41, 5.74) is -0.330. The number of carbonyl (C=O) groups is 9. The number of nitrogens with zero attached hydrogens (tertiary/aromatic N) is 3. The highest BCUT2D eigenvalue weighted by molar-refractivity contribution is 8.76. The molecule has 136 heavy (non-hydrogen) atoms. The molecule has 13 unspecified atom stereocenters. The third-order valence-electron chi connectivity index (χ3n) is 26.5. The zero-order valence-corrected chi connectivity index (χ0v) is 83.7. The van der Waals surface area contributed by atoms with E-state index in [0.29, 0.717) is 140 Å². The van der Waals surface area contributed by atoms with Crippen molar-refractivity contribution < 1.29 is 155 Å². The fraction of sp³-hybridized carbons (Fsp3) is 0.740. The molecule has 2 aromatic rings. The summed E-state index contributed by atoms with van der Waals surface area (Å²) in [7, 11) is 13.9. The number of hydrogen-bond acceptors (Lipinski definition) is 36. The SMILES string of the molecule is CCC(CO)OC(CO)OC.CCC(CO)OC(COC(=O)CCCC(=O)NCCSSC)OC.CCC(CO)OC(COC(=O)CCCC(=O)N[C@H](C)C(=O)OCCCNC(=O)[C@]1(O)C2N(C)c3cc(OC)c([C@@]4(C(=O)OC)CC5CN(CCC6=C4Cc4ccccc46)CC(O)(CC)C5)cc3[C@@]23CCN2CC=C[C@](CC)(C23)[C@H]1O)OC.CCC(CO)OC(COC(=O)CCCC(=O)O)OC. The number of aliphatic carboxylic acids is 1. The van der Waals surface area contributed by atoms with E-state index in [1.54, 1.807) is 28.7 Å². The molecule has 2 bridgehead atoms. The van der Waals surface area contributed by atoms with Gasteiger partial charge in [-0.2, -0.15) is 0 Å². The zero-order chi connectivity index (χ0) is 101. The minimum Gasteiger partial charge on any atom is -0.496 e. The summed E-state index contributed by atoms with van der Waals surface area (Å²) in [6.45, 7) is 15.6. The van der Waals surface area contributed by atoms with Crippen molar-refractivity contribution in [3.63, 3.8) is 0 Å². The van der Waals surface area contributed by atoms with Crippen LogP contribution in [0.1, 0.15) is 199 Å². The van der Waals surface area contributed by atoms with Crippen LogP contribution in [0.5, 0.6) is 5.75 Å². The van der Waals surface area contributed by atoms with Crippen LogP contribution in [0.3, 0.4) is 0 Å². The number of rotatable bonds is 55. The Morgan fingerprint density at radius 3 is 1.65 bits per heavy atom. The average molecular weight is 1970 g/mol. The fourth-order valence-corrected chi connectivity index (χ4v) is 20.5. The topological polar surface area (TPSA) is 511 Å². The van der Waals surface area contributed by atoms with Crippen LogP contribution >= 0.6 is 21.6 Å². The van der Waals surface area contributed by atoms with Crippen molar-refractivity contribution in [2.45, 2.75) is 279 Å². The molecule has 772 valence electrons. The van der Waals surface area contributed by atoms with Crippen molar-refractivity contribution >= 4 is 86.4 Å². The number of carboxylic acid groups (broad SMARTS) is 1. The van der Waals surface area contributed by atoms with Crippen LogP contribution in [0.15, 0.2) is 54.1 Å². The maximum Gasteiger partial charge on any atom is 0.328 e. The van der Waals surface area contributed by atoms with E-state index in [9.17, 15) is 54.0 Å². The van der Waals surface area contributed by atoms with Crippen LogP contribution in [0.2, 0.25) is 0 Å². The molecule has 40 heteroatoms. The number of likely N-dealkylation sites (N-methyl/N-ethyl adjacent to an activating group) is 1. The second-order valence-electron chi connectivity index (χ2n) is 35.0. The molecule has 2 saturated heterocycles. The van der Waals surface area contributed by atoms with Gasteiger partial charge < -0.3 is 133 Å². The first-order valence-corrected chi connectivity index (χ1v) is 50.1. The minimum atomic E-state index is -2.41. The van der Waals surface area contributed by atoms with Crippen LogP contribution in [0, 0.1) is 11.3 Å². The number of hydrogen-bond donors (Lipinski definition) is 12. The van der Waals surface area contributed by atoms with Gasteiger partial charge in [0.1, 0.15) is 43.1 Å². The molecule has 3 fully saturated rings. The van der Waals surface area contributed by atoms with Gasteiger partial charge in [-0.05, 0) is 156 Å². The summed E-state index contributed by atoms with van der Waals surface area (Å²) >= 11 is 0. The van der Waals surface area contributed by atoms with Gasteiger partial charge in [0.2, 0.25) is 11.8 Å². The smallest absolute Gasteiger partial charge is 0.328 e. The van der Waals surface area contributed by atoms with E-state index in [2.05, 4.69) is 43.9 Å².